The molecule has 1 aromatic rings. The molecule has 3 N–H and O–H groups in total. The molecular weight excluding hydrogens is 186 g/mol. The van der Waals surface area contributed by atoms with E-state index in [9.17, 15) is 4.79 Å². The van der Waals surface area contributed by atoms with Crippen molar-refractivity contribution in [3.05, 3.63) is 11.1 Å². The van der Waals surface area contributed by atoms with Gasteiger partial charge in [0, 0.05) is 11.9 Å². The maximum Gasteiger partial charge on any atom is 0.268 e. The maximum absolute atomic E-state index is 10.7. The Morgan fingerprint density at radius 2 is 2.54 bits per heavy atom. The van der Waals surface area contributed by atoms with Crippen molar-refractivity contribution in [1.82, 2.24) is 4.98 Å². The molecule has 1 amide bonds. The third-order valence-corrected chi connectivity index (χ3v) is 2.80. The van der Waals surface area contributed by atoms with Crippen molar-refractivity contribution in [1.29, 1.82) is 0 Å². The average Bonchev–Trinajstić information content (AvgIpc) is 2.79. The van der Waals surface area contributed by atoms with Crippen molar-refractivity contribution in [3.8, 4) is 0 Å². The standard InChI is InChI=1S/C8H11N3OS/c9-7(12)6-4-13-8(11-6)10-3-5-1-2-5/h4-5H,1-3H2,(H2,9,12)(H,10,11). The number of carbonyl (C=O) groups is 1. The molecule has 0 spiro atoms. The number of amides is 1. The zero-order chi connectivity index (χ0) is 9.26. The molecule has 2 rings (SSSR count). The van der Waals surface area contributed by atoms with Crippen LogP contribution in [-0.2, 0) is 0 Å². The Balaban J connectivity index is 1.92. The zero-order valence-corrected chi connectivity index (χ0v) is 7.93. The Bertz CT molecular complexity index is 319. The number of primary amides is 1. The van der Waals surface area contributed by atoms with Gasteiger partial charge in [0.1, 0.15) is 5.69 Å². The van der Waals surface area contributed by atoms with Gasteiger partial charge in [0.2, 0.25) is 0 Å². The zero-order valence-electron chi connectivity index (χ0n) is 7.12. The van der Waals surface area contributed by atoms with Crippen molar-refractivity contribution in [2.45, 2.75) is 12.8 Å². The van der Waals surface area contributed by atoms with Crippen molar-refractivity contribution in [2.75, 3.05) is 11.9 Å². The highest BCUT2D eigenvalue weighted by Crippen LogP contribution is 2.29. The molecule has 0 saturated heterocycles. The van der Waals surface area contributed by atoms with E-state index in [2.05, 4.69) is 10.3 Å². The summed E-state index contributed by atoms with van der Waals surface area (Å²) < 4.78 is 0. The number of anilines is 1. The number of hydrogen-bond donors (Lipinski definition) is 2. The summed E-state index contributed by atoms with van der Waals surface area (Å²) >= 11 is 1.42. The van der Waals surface area contributed by atoms with Crippen molar-refractivity contribution in [2.24, 2.45) is 11.7 Å². The molecule has 0 bridgehead atoms. The monoisotopic (exact) mass is 197 g/mol. The molecule has 1 heterocycles. The van der Waals surface area contributed by atoms with Gasteiger partial charge in [0.05, 0.1) is 0 Å². The first-order valence-electron chi connectivity index (χ1n) is 4.25. The number of aromatic nitrogens is 1. The first-order valence-corrected chi connectivity index (χ1v) is 5.13. The summed E-state index contributed by atoms with van der Waals surface area (Å²) in [6.45, 7) is 0.964. The molecule has 1 aliphatic rings. The summed E-state index contributed by atoms with van der Waals surface area (Å²) in [5.74, 6) is 0.344. The highest BCUT2D eigenvalue weighted by Gasteiger charge is 2.21. The number of nitrogens with zero attached hydrogens (tertiary/aromatic N) is 1. The minimum absolute atomic E-state index is 0.350. The van der Waals surface area contributed by atoms with Gasteiger partial charge in [-0.15, -0.1) is 11.3 Å². The van der Waals surface area contributed by atoms with E-state index in [0.717, 1.165) is 17.6 Å². The molecule has 5 heteroatoms. The van der Waals surface area contributed by atoms with Crippen LogP contribution in [0.3, 0.4) is 0 Å². The van der Waals surface area contributed by atoms with Gasteiger partial charge in [-0.05, 0) is 18.8 Å². The molecule has 0 aliphatic heterocycles. The van der Waals surface area contributed by atoms with E-state index < -0.39 is 5.91 Å². The second-order valence-electron chi connectivity index (χ2n) is 3.23. The third kappa shape index (κ3) is 2.18. The fourth-order valence-electron chi connectivity index (χ4n) is 1.02. The van der Waals surface area contributed by atoms with Crippen LogP contribution in [0.25, 0.3) is 0 Å². The lowest BCUT2D eigenvalue weighted by Gasteiger charge is -1.97. The van der Waals surface area contributed by atoms with Crippen LogP contribution in [0.4, 0.5) is 5.13 Å². The molecule has 0 aromatic carbocycles. The molecule has 1 aromatic heterocycles. The fraction of sp³-hybridized carbons (Fsp3) is 0.500. The van der Waals surface area contributed by atoms with Gasteiger partial charge < -0.3 is 11.1 Å². The largest absolute Gasteiger partial charge is 0.364 e. The highest BCUT2D eigenvalue weighted by atomic mass is 32.1. The Labute approximate surface area is 80.2 Å². The van der Waals surface area contributed by atoms with E-state index in [1.807, 2.05) is 0 Å². The van der Waals surface area contributed by atoms with Crippen LogP contribution in [0, 0.1) is 5.92 Å². The second-order valence-corrected chi connectivity index (χ2v) is 4.08. The fourth-order valence-corrected chi connectivity index (χ4v) is 1.73. The van der Waals surface area contributed by atoms with Crippen LogP contribution < -0.4 is 11.1 Å². The van der Waals surface area contributed by atoms with E-state index >= 15 is 0 Å². The SMILES string of the molecule is NC(=O)c1csc(NCC2CC2)n1. The van der Waals surface area contributed by atoms with E-state index in [-0.39, 0.29) is 0 Å². The Morgan fingerprint density at radius 3 is 3.08 bits per heavy atom. The van der Waals surface area contributed by atoms with Crippen molar-refractivity contribution >= 4 is 22.4 Å². The maximum atomic E-state index is 10.7. The minimum atomic E-state index is -0.462. The van der Waals surface area contributed by atoms with Gasteiger partial charge in [0.25, 0.3) is 5.91 Å². The molecule has 0 radical (unpaired) electrons. The molecule has 13 heavy (non-hydrogen) atoms. The quantitative estimate of drug-likeness (QED) is 0.758. The van der Waals surface area contributed by atoms with Gasteiger partial charge in [-0.3, -0.25) is 4.79 Å². The Kier molecular flexibility index (Phi) is 2.18. The molecule has 1 saturated carbocycles. The Morgan fingerprint density at radius 1 is 1.77 bits per heavy atom. The average molecular weight is 197 g/mol. The number of rotatable bonds is 4. The van der Waals surface area contributed by atoms with Crippen LogP contribution in [0.1, 0.15) is 23.3 Å². The molecule has 0 atom stereocenters. The topological polar surface area (TPSA) is 68.0 Å². The number of hydrogen-bond acceptors (Lipinski definition) is 4. The number of carbonyl (C=O) groups excluding carboxylic acids is 1. The van der Waals surface area contributed by atoms with Gasteiger partial charge in [-0.25, -0.2) is 4.98 Å². The number of nitrogens with one attached hydrogen (secondary N) is 1. The predicted octanol–water partition coefficient (Wildman–Crippen LogP) is 1.06. The van der Waals surface area contributed by atoms with Gasteiger partial charge >= 0.3 is 0 Å². The van der Waals surface area contributed by atoms with Crippen molar-refractivity contribution in [3.63, 3.8) is 0 Å². The first kappa shape index (κ1) is 8.50. The van der Waals surface area contributed by atoms with E-state index in [1.165, 1.54) is 24.2 Å². The Hall–Kier alpha value is -1.10. The predicted molar refractivity (Wildman–Crippen MR) is 51.8 cm³/mol. The molecule has 70 valence electrons. The van der Waals surface area contributed by atoms with Crippen LogP contribution in [0.15, 0.2) is 5.38 Å². The van der Waals surface area contributed by atoms with Crippen LogP contribution in [-0.4, -0.2) is 17.4 Å². The number of nitrogens with two attached hydrogens (primary N) is 1. The van der Waals surface area contributed by atoms with E-state index in [0.29, 0.717) is 5.69 Å². The summed E-state index contributed by atoms with van der Waals surface area (Å²) in [5, 5.41) is 5.65. The highest BCUT2D eigenvalue weighted by molar-refractivity contribution is 7.13. The minimum Gasteiger partial charge on any atom is -0.364 e. The summed E-state index contributed by atoms with van der Waals surface area (Å²) in [6, 6.07) is 0. The summed E-state index contributed by atoms with van der Waals surface area (Å²) in [5.41, 5.74) is 5.42. The first-order chi connectivity index (χ1) is 6.25. The second kappa shape index (κ2) is 3.33. The smallest absolute Gasteiger partial charge is 0.268 e. The van der Waals surface area contributed by atoms with E-state index in [1.54, 1.807) is 5.38 Å². The lowest BCUT2D eigenvalue weighted by atomic mass is 10.4. The molecule has 4 nitrogen and oxygen atoms in total. The van der Waals surface area contributed by atoms with E-state index in [4.69, 9.17) is 5.73 Å². The van der Waals surface area contributed by atoms with Gasteiger partial charge in [-0.2, -0.15) is 0 Å². The lowest BCUT2D eigenvalue weighted by Crippen LogP contribution is -2.11. The molecule has 1 aliphatic carbocycles. The summed E-state index contributed by atoms with van der Waals surface area (Å²) in [4.78, 5) is 14.7. The molecule has 1 fully saturated rings. The normalized spacial score (nSPS) is 15.7. The van der Waals surface area contributed by atoms with Crippen LogP contribution in [0.5, 0.6) is 0 Å². The third-order valence-electron chi connectivity index (χ3n) is 2.00. The van der Waals surface area contributed by atoms with Crippen LogP contribution >= 0.6 is 11.3 Å². The molecular formula is C8H11N3OS. The summed E-state index contributed by atoms with van der Waals surface area (Å²) in [7, 11) is 0. The number of thiazole rings is 1. The van der Waals surface area contributed by atoms with Gasteiger partial charge in [0.15, 0.2) is 5.13 Å². The lowest BCUT2D eigenvalue weighted by molar-refractivity contribution is 0.0996. The van der Waals surface area contributed by atoms with Crippen LogP contribution in [0.2, 0.25) is 0 Å². The summed E-state index contributed by atoms with van der Waals surface area (Å²) in [6.07, 6.45) is 2.61. The molecule has 0 unspecified atom stereocenters. The van der Waals surface area contributed by atoms with Gasteiger partial charge in [-0.1, -0.05) is 0 Å². The van der Waals surface area contributed by atoms with Crippen molar-refractivity contribution < 1.29 is 4.79 Å².